The molecule has 0 unspecified atom stereocenters. The zero-order chi connectivity index (χ0) is 9.68. The van der Waals surface area contributed by atoms with Gasteiger partial charge >= 0.3 is 6.03 Å². The molecule has 2 rings (SSSR count). The fourth-order valence-electron chi connectivity index (χ4n) is 0.803. The molecule has 13 heavy (non-hydrogen) atoms. The molecule has 0 atom stereocenters. The molecule has 4 N–H and O–H groups in total. The van der Waals surface area contributed by atoms with Crippen LogP contribution < -0.4 is 11.5 Å². The lowest BCUT2D eigenvalue weighted by molar-refractivity contribution is 0.256. The summed E-state index contributed by atoms with van der Waals surface area (Å²) >= 11 is 1.68. The first-order chi connectivity index (χ1) is 6.20. The standard InChI is InChI=1S/C7H5NS.CH4N2O/c1-2-4-7-6(3-1)8-5-9-7;2-1(3)4/h1-5H;(H4,2,3,4). The molecule has 0 aliphatic rings. The molecule has 2 aromatic rings. The average Bonchev–Trinajstić information content (AvgIpc) is 2.49. The molecule has 0 aliphatic heterocycles. The number of nitrogens with zero attached hydrogens (tertiary/aromatic N) is 1. The predicted molar refractivity (Wildman–Crippen MR) is 53.4 cm³/mol. The Morgan fingerprint density at radius 1 is 1.31 bits per heavy atom. The van der Waals surface area contributed by atoms with Gasteiger partial charge in [0.25, 0.3) is 0 Å². The molecule has 0 radical (unpaired) electrons. The van der Waals surface area contributed by atoms with Gasteiger partial charge in [0.05, 0.1) is 15.7 Å². The molecule has 4 nitrogen and oxygen atoms in total. The van der Waals surface area contributed by atoms with Crippen LogP contribution in [0.5, 0.6) is 0 Å². The summed E-state index contributed by atoms with van der Waals surface area (Å²) < 4.78 is 1.26. The molecule has 0 bridgehead atoms. The van der Waals surface area contributed by atoms with Crippen LogP contribution in [-0.2, 0) is 0 Å². The van der Waals surface area contributed by atoms with Gasteiger partial charge in [-0.3, -0.25) is 0 Å². The number of hydrogen-bond donors (Lipinski definition) is 2. The molecule has 1 aromatic heterocycles. The largest absolute Gasteiger partial charge is 0.352 e. The monoisotopic (exact) mass is 195 g/mol. The van der Waals surface area contributed by atoms with Crippen molar-refractivity contribution < 1.29 is 4.79 Å². The van der Waals surface area contributed by atoms with E-state index in [4.69, 9.17) is 4.79 Å². The minimum Gasteiger partial charge on any atom is -0.352 e. The number of carbonyl (C=O) groups excluding carboxylic acids is 1. The van der Waals surface area contributed by atoms with Gasteiger partial charge in [0.2, 0.25) is 0 Å². The van der Waals surface area contributed by atoms with Crippen molar-refractivity contribution in [2.45, 2.75) is 0 Å². The molecule has 5 heteroatoms. The first-order valence-corrected chi connectivity index (χ1v) is 4.41. The summed E-state index contributed by atoms with van der Waals surface area (Å²) in [4.78, 5) is 13.1. The zero-order valence-electron chi connectivity index (χ0n) is 6.81. The third-order valence-corrected chi connectivity index (χ3v) is 2.05. The number of aromatic nitrogens is 1. The molecule has 0 saturated heterocycles. The van der Waals surface area contributed by atoms with Crippen molar-refractivity contribution in [1.82, 2.24) is 4.98 Å². The highest BCUT2D eigenvalue weighted by molar-refractivity contribution is 7.16. The van der Waals surface area contributed by atoms with Gasteiger partial charge in [-0.2, -0.15) is 0 Å². The van der Waals surface area contributed by atoms with Gasteiger partial charge < -0.3 is 11.5 Å². The second-order valence-electron chi connectivity index (χ2n) is 2.22. The second kappa shape index (κ2) is 4.42. The lowest BCUT2D eigenvalue weighted by Gasteiger charge is -1.80. The zero-order valence-corrected chi connectivity index (χ0v) is 7.62. The van der Waals surface area contributed by atoms with Gasteiger partial charge in [0.1, 0.15) is 0 Å². The Kier molecular flexibility index (Phi) is 3.22. The molecule has 0 spiro atoms. The van der Waals surface area contributed by atoms with Crippen LogP contribution in [-0.4, -0.2) is 11.0 Å². The molecular weight excluding hydrogens is 186 g/mol. The van der Waals surface area contributed by atoms with Crippen molar-refractivity contribution in [2.75, 3.05) is 0 Å². The van der Waals surface area contributed by atoms with Crippen molar-refractivity contribution in [3.05, 3.63) is 29.8 Å². The lowest BCUT2D eigenvalue weighted by Crippen LogP contribution is -2.18. The molecular formula is C8H9N3OS. The molecule has 0 aliphatic carbocycles. The van der Waals surface area contributed by atoms with E-state index in [-0.39, 0.29) is 0 Å². The van der Waals surface area contributed by atoms with Gasteiger partial charge in [0, 0.05) is 0 Å². The lowest BCUT2D eigenvalue weighted by atomic mass is 10.3. The highest BCUT2D eigenvalue weighted by Gasteiger charge is 1.89. The van der Waals surface area contributed by atoms with E-state index < -0.39 is 6.03 Å². The number of urea groups is 1. The number of fused-ring (bicyclic) bond motifs is 1. The number of amides is 2. The Morgan fingerprint density at radius 3 is 2.54 bits per heavy atom. The summed E-state index contributed by atoms with van der Waals surface area (Å²) in [5.74, 6) is 0. The van der Waals surface area contributed by atoms with Crippen molar-refractivity contribution >= 4 is 27.6 Å². The Hall–Kier alpha value is -1.62. The van der Waals surface area contributed by atoms with E-state index in [1.54, 1.807) is 11.3 Å². The van der Waals surface area contributed by atoms with Crippen LogP contribution in [0, 0.1) is 0 Å². The summed E-state index contributed by atoms with van der Waals surface area (Å²) in [6, 6.07) is 7.29. The summed E-state index contributed by atoms with van der Waals surface area (Å²) in [5.41, 5.74) is 11.5. The summed E-state index contributed by atoms with van der Waals surface area (Å²) in [6.07, 6.45) is 0. The molecule has 1 heterocycles. The second-order valence-corrected chi connectivity index (χ2v) is 3.11. The van der Waals surface area contributed by atoms with E-state index in [0.717, 1.165) is 5.52 Å². The fraction of sp³-hybridized carbons (Fsp3) is 0. The molecule has 2 amide bonds. The third kappa shape index (κ3) is 3.08. The van der Waals surface area contributed by atoms with E-state index >= 15 is 0 Å². The van der Waals surface area contributed by atoms with Crippen LogP contribution in [0.15, 0.2) is 29.8 Å². The van der Waals surface area contributed by atoms with E-state index in [1.807, 2.05) is 23.7 Å². The molecule has 68 valence electrons. The van der Waals surface area contributed by atoms with Gasteiger partial charge in [-0.15, -0.1) is 11.3 Å². The number of thiazole rings is 1. The number of hydrogen-bond acceptors (Lipinski definition) is 3. The third-order valence-electron chi connectivity index (χ3n) is 1.24. The van der Waals surface area contributed by atoms with E-state index in [1.165, 1.54) is 4.70 Å². The smallest absolute Gasteiger partial charge is 0.309 e. The number of nitrogens with two attached hydrogens (primary N) is 2. The van der Waals surface area contributed by atoms with Crippen LogP contribution in [0.2, 0.25) is 0 Å². The Morgan fingerprint density at radius 2 is 1.92 bits per heavy atom. The van der Waals surface area contributed by atoms with Crippen LogP contribution in [0.1, 0.15) is 0 Å². The number of primary amides is 2. The van der Waals surface area contributed by atoms with Crippen LogP contribution >= 0.6 is 11.3 Å². The summed E-state index contributed by atoms with van der Waals surface area (Å²) in [5, 5.41) is 0. The average molecular weight is 195 g/mol. The van der Waals surface area contributed by atoms with E-state index in [2.05, 4.69) is 22.5 Å². The minimum atomic E-state index is -0.833. The Labute approximate surface area is 79.2 Å². The van der Waals surface area contributed by atoms with Crippen LogP contribution in [0.3, 0.4) is 0 Å². The summed E-state index contributed by atoms with van der Waals surface area (Å²) in [7, 11) is 0. The highest BCUT2D eigenvalue weighted by Crippen LogP contribution is 2.15. The van der Waals surface area contributed by atoms with Crippen LogP contribution in [0.4, 0.5) is 4.79 Å². The fourth-order valence-corrected chi connectivity index (χ4v) is 1.48. The van der Waals surface area contributed by atoms with Crippen molar-refractivity contribution in [3.63, 3.8) is 0 Å². The van der Waals surface area contributed by atoms with Crippen molar-refractivity contribution in [1.29, 1.82) is 0 Å². The Bertz CT molecular complexity index is 365. The van der Waals surface area contributed by atoms with Crippen molar-refractivity contribution in [3.8, 4) is 0 Å². The summed E-state index contributed by atoms with van der Waals surface area (Å²) in [6.45, 7) is 0. The highest BCUT2D eigenvalue weighted by atomic mass is 32.1. The first kappa shape index (κ1) is 9.47. The number of carbonyl (C=O) groups is 1. The van der Waals surface area contributed by atoms with Gasteiger partial charge in [0.15, 0.2) is 0 Å². The normalized spacial score (nSPS) is 8.92. The van der Waals surface area contributed by atoms with Gasteiger partial charge in [-0.05, 0) is 12.1 Å². The van der Waals surface area contributed by atoms with E-state index in [0.29, 0.717) is 0 Å². The number of benzene rings is 1. The molecule has 0 fully saturated rings. The van der Waals surface area contributed by atoms with Crippen LogP contribution in [0.25, 0.3) is 10.2 Å². The first-order valence-electron chi connectivity index (χ1n) is 3.53. The predicted octanol–water partition coefficient (Wildman–Crippen LogP) is 1.32. The Balaban J connectivity index is 0.000000184. The topological polar surface area (TPSA) is 82.0 Å². The molecule has 0 saturated carbocycles. The van der Waals surface area contributed by atoms with Gasteiger partial charge in [-0.25, -0.2) is 9.78 Å². The van der Waals surface area contributed by atoms with Gasteiger partial charge in [-0.1, -0.05) is 12.1 Å². The maximum Gasteiger partial charge on any atom is 0.309 e. The SMILES string of the molecule is NC(N)=O.c1ccc2scnc2c1. The van der Waals surface area contributed by atoms with E-state index in [9.17, 15) is 0 Å². The maximum atomic E-state index is 9.00. The number of rotatable bonds is 0. The molecule has 1 aromatic carbocycles. The quantitative estimate of drug-likeness (QED) is 0.664. The number of para-hydroxylation sites is 1. The van der Waals surface area contributed by atoms with Crippen molar-refractivity contribution in [2.24, 2.45) is 11.5 Å². The maximum absolute atomic E-state index is 9.00. The minimum absolute atomic E-state index is 0.833.